The Morgan fingerprint density at radius 1 is 1.18 bits per heavy atom. The number of fused-ring (bicyclic) bond motifs is 1. The lowest BCUT2D eigenvalue weighted by Gasteiger charge is -2.38. The first kappa shape index (κ1) is 24.3. The Labute approximate surface area is 207 Å². The van der Waals surface area contributed by atoms with Crippen LogP contribution in [-0.2, 0) is 11.1 Å². The fourth-order valence-electron chi connectivity index (χ4n) is 5.14. The quantitative estimate of drug-likeness (QED) is 0.405. The summed E-state index contributed by atoms with van der Waals surface area (Å²) in [5, 5.41) is 12.5. The molecule has 1 atom stereocenters. The van der Waals surface area contributed by atoms with Gasteiger partial charge in [-0.15, -0.1) is 0 Å². The van der Waals surface area contributed by atoms with E-state index in [0.29, 0.717) is 10.6 Å². The van der Waals surface area contributed by atoms with Crippen molar-refractivity contribution < 1.29 is 4.79 Å². The molecule has 2 heterocycles. The Hall–Kier alpha value is -2.79. The second-order valence-electron chi connectivity index (χ2n) is 10.1. The molecule has 180 valence electrons. The molecule has 3 aromatic rings. The minimum Gasteiger partial charge on any atom is -0.363 e. The molecule has 34 heavy (non-hydrogen) atoms. The monoisotopic (exact) mass is 478 g/mol. The van der Waals surface area contributed by atoms with Crippen molar-refractivity contribution in [2.75, 3.05) is 5.32 Å². The molecule has 0 saturated carbocycles. The molecule has 4 rings (SSSR count). The first-order valence-corrected chi connectivity index (χ1v) is 12.5. The van der Waals surface area contributed by atoms with Gasteiger partial charge in [0.15, 0.2) is 0 Å². The number of benzene rings is 2. The van der Waals surface area contributed by atoms with E-state index in [2.05, 4.69) is 68.7 Å². The number of nitrogens with one attached hydrogen (secondary N) is 2. The maximum atomic E-state index is 13.9. The van der Waals surface area contributed by atoms with Crippen LogP contribution in [0.4, 0.5) is 5.82 Å². The van der Waals surface area contributed by atoms with Crippen molar-refractivity contribution >= 4 is 23.3 Å². The van der Waals surface area contributed by atoms with Crippen LogP contribution in [0.3, 0.4) is 0 Å². The summed E-state index contributed by atoms with van der Waals surface area (Å²) in [7, 11) is 0. The molecule has 2 N–H and O–H groups in total. The zero-order valence-corrected chi connectivity index (χ0v) is 21.8. The normalized spacial score (nSPS) is 17.1. The lowest BCUT2D eigenvalue weighted by molar-refractivity contribution is 0.0889. The van der Waals surface area contributed by atoms with Gasteiger partial charge in [-0.25, -0.2) is 4.68 Å². The lowest BCUT2D eigenvalue weighted by Crippen LogP contribution is -2.45. The van der Waals surface area contributed by atoms with Crippen LogP contribution in [0.25, 0.3) is 0 Å². The highest BCUT2D eigenvalue weighted by Crippen LogP contribution is 2.41. The first-order chi connectivity index (χ1) is 16.1. The number of carbonyl (C=O) groups is 1. The average Bonchev–Trinajstić information content (AvgIpc) is 3.16. The van der Waals surface area contributed by atoms with Crippen LogP contribution in [-0.4, -0.2) is 15.7 Å². The number of amides is 1. The van der Waals surface area contributed by atoms with Gasteiger partial charge in [-0.05, 0) is 69.7 Å². The fourth-order valence-corrected chi connectivity index (χ4v) is 5.32. The molecular weight excluding hydrogens is 444 g/mol. The van der Waals surface area contributed by atoms with Crippen molar-refractivity contribution in [2.24, 2.45) is 0 Å². The van der Waals surface area contributed by atoms with E-state index in [9.17, 15) is 4.79 Å². The number of hydrogen-bond donors (Lipinski definition) is 2. The maximum Gasteiger partial charge on any atom is 0.257 e. The maximum absolute atomic E-state index is 13.9. The van der Waals surface area contributed by atoms with Gasteiger partial charge < -0.3 is 10.6 Å². The van der Waals surface area contributed by atoms with E-state index in [1.54, 1.807) is 0 Å². The third-order valence-electron chi connectivity index (χ3n) is 7.36. The van der Waals surface area contributed by atoms with Gasteiger partial charge in [0.25, 0.3) is 5.91 Å². The van der Waals surface area contributed by atoms with Crippen molar-refractivity contribution in [1.29, 1.82) is 0 Å². The summed E-state index contributed by atoms with van der Waals surface area (Å²) in [4.78, 5) is 13.9. The van der Waals surface area contributed by atoms with Gasteiger partial charge in [0, 0.05) is 5.02 Å². The van der Waals surface area contributed by atoms with Crippen LogP contribution in [0.2, 0.25) is 5.02 Å². The second-order valence-corrected chi connectivity index (χ2v) is 10.5. The van der Waals surface area contributed by atoms with Crippen LogP contribution >= 0.6 is 11.6 Å². The molecule has 0 fully saturated rings. The van der Waals surface area contributed by atoms with E-state index in [0.717, 1.165) is 41.9 Å². The van der Waals surface area contributed by atoms with Crippen LogP contribution in [0.5, 0.6) is 0 Å². The number of aromatic nitrogens is 2. The van der Waals surface area contributed by atoms with Crippen molar-refractivity contribution in [3.63, 3.8) is 0 Å². The van der Waals surface area contributed by atoms with Crippen LogP contribution in [0.1, 0.15) is 85.7 Å². The Bertz CT molecular complexity index is 1190. The Morgan fingerprint density at radius 2 is 1.85 bits per heavy atom. The number of rotatable bonds is 6. The van der Waals surface area contributed by atoms with Crippen molar-refractivity contribution in [3.8, 4) is 0 Å². The van der Waals surface area contributed by atoms with Crippen molar-refractivity contribution in [2.45, 2.75) is 77.9 Å². The van der Waals surface area contributed by atoms with Gasteiger partial charge in [-0.2, -0.15) is 5.10 Å². The first-order valence-electron chi connectivity index (χ1n) is 12.1. The zero-order valence-electron chi connectivity index (χ0n) is 21.0. The van der Waals surface area contributed by atoms with E-state index < -0.39 is 5.54 Å². The molecule has 0 radical (unpaired) electrons. The summed E-state index contributed by atoms with van der Waals surface area (Å²) in [6.07, 6.45) is 2.38. The molecule has 0 unspecified atom stereocenters. The van der Waals surface area contributed by atoms with Gasteiger partial charge in [-0.3, -0.25) is 4.79 Å². The summed E-state index contributed by atoms with van der Waals surface area (Å²) in [5.74, 6) is 0.666. The summed E-state index contributed by atoms with van der Waals surface area (Å²) < 4.78 is 1.99. The molecule has 1 aliphatic rings. The summed E-state index contributed by atoms with van der Waals surface area (Å²) in [6, 6.07) is 16.6. The summed E-state index contributed by atoms with van der Waals surface area (Å²) >= 11 is 6.46. The van der Waals surface area contributed by atoms with E-state index in [1.165, 1.54) is 5.56 Å². The Morgan fingerprint density at radius 3 is 2.47 bits per heavy atom. The largest absolute Gasteiger partial charge is 0.363 e. The molecule has 1 amide bonds. The van der Waals surface area contributed by atoms with Gasteiger partial charge in [0.1, 0.15) is 11.4 Å². The second kappa shape index (κ2) is 9.10. The third kappa shape index (κ3) is 4.22. The standard InChI is InChI=1S/C28H35ClN4O/c1-7-28(8-2,21-15-14-18(3)22(29)16-21)31-26(34)24-19(4)32-33-25(24)30-23(17-27(33,5)6)20-12-10-9-11-13-20/h9-16,23,30H,7-8,17H2,1-6H3,(H,31,34)/t23-/m1/s1. The third-order valence-corrected chi connectivity index (χ3v) is 7.77. The Balaban J connectivity index is 1.73. The van der Waals surface area contributed by atoms with E-state index in [4.69, 9.17) is 16.7 Å². The molecule has 0 spiro atoms. The predicted octanol–water partition coefficient (Wildman–Crippen LogP) is 6.89. The van der Waals surface area contributed by atoms with Gasteiger partial charge in [0.05, 0.1) is 22.8 Å². The summed E-state index contributed by atoms with van der Waals surface area (Å²) in [5.41, 5.74) is 3.84. The van der Waals surface area contributed by atoms with Crippen LogP contribution in [0.15, 0.2) is 48.5 Å². The van der Waals surface area contributed by atoms with Crippen molar-refractivity contribution in [1.82, 2.24) is 15.1 Å². The van der Waals surface area contributed by atoms with Gasteiger partial charge in [0.2, 0.25) is 0 Å². The highest BCUT2D eigenvalue weighted by atomic mass is 35.5. The Kier molecular flexibility index (Phi) is 6.52. The van der Waals surface area contributed by atoms with Crippen LogP contribution in [0, 0.1) is 13.8 Å². The number of halogens is 1. The molecule has 1 aromatic heterocycles. The minimum atomic E-state index is -0.515. The number of nitrogens with zero attached hydrogens (tertiary/aromatic N) is 2. The predicted molar refractivity (Wildman–Crippen MR) is 140 cm³/mol. The van der Waals surface area contributed by atoms with E-state index in [-0.39, 0.29) is 17.5 Å². The molecule has 2 aromatic carbocycles. The van der Waals surface area contributed by atoms with E-state index in [1.807, 2.05) is 36.7 Å². The minimum absolute atomic E-state index is 0.101. The molecule has 0 saturated heterocycles. The lowest BCUT2D eigenvalue weighted by atomic mass is 9.84. The number of anilines is 1. The molecule has 5 nitrogen and oxygen atoms in total. The van der Waals surface area contributed by atoms with E-state index >= 15 is 0 Å². The van der Waals surface area contributed by atoms with Crippen molar-refractivity contribution in [3.05, 3.63) is 81.5 Å². The highest BCUT2D eigenvalue weighted by Gasteiger charge is 2.39. The molecule has 0 bridgehead atoms. The molecule has 6 heteroatoms. The number of carbonyl (C=O) groups excluding carboxylic acids is 1. The highest BCUT2D eigenvalue weighted by molar-refractivity contribution is 6.31. The molecule has 1 aliphatic heterocycles. The molecule has 0 aliphatic carbocycles. The summed E-state index contributed by atoms with van der Waals surface area (Å²) in [6.45, 7) is 12.5. The topological polar surface area (TPSA) is 59.0 Å². The smallest absolute Gasteiger partial charge is 0.257 e. The van der Waals surface area contributed by atoms with Gasteiger partial charge >= 0.3 is 0 Å². The fraction of sp³-hybridized carbons (Fsp3) is 0.429. The van der Waals surface area contributed by atoms with Gasteiger partial charge in [-0.1, -0.05) is 67.9 Å². The zero-order chi connectivity index (χ0) is 24.7. The van der Waals surface area contributed by atoms with Crippen LogP contribution < -0.4 is 10.6 Å². The number of hydrogen-bond acceptors (Lipinski definition) is 3. The average molecular weight is 479 g/mol. The molecular formula is C28H35ClN4O. The SMILES string of the molecule is CCC(CC)(NC(=O)c1c(C)nn2c1N[C@@H](c1ccccc1)CC2(C)C)c1ccc(C)c(Cl)c1. The number of aryl methyl sites for hydroxylation is 2.